The largest absolute Gasteiger partial charge is 0.456 e. The minimum Gasteiger partial charge on any atom is -0.456 e. The molecule has 13 rings (SSSR count). The number of hydrogen-bond donors (Lipinski definition) is 0. The fourth-order valence-corrected chi connectivity index (χ4v) is 9.72. The molecule has 11 aromatic carbocycles. The Morgan fingerprint density at radius 2 is 0.567 bits per heavy atom. The number of hydrogen-bond acceptors (Lipinski definition) is 2. The molecule has 0 radical (unpaired) electrons. The zero-order chi connectivity index (χ0) is 39.3. The van der Waals surface area contributed by atoms with Crippen molar-refractivity contribution in [1.82, 2.24) is 0 Å². The van der Waals surface area contributed by atoms with E-state index < -0.39 is 0 Å². The first kappa shape index (κ1) is 33.1. The molecule has 0 aliphatic rings. The number of benzene rings is 11. The molecule has 60 heavy (non-hydrogen) atoms. The van der Waals surface area contributed by atoms with E-state index in [1.165, 1.54) is 65.3 Å². The Kier molecular flexibility index (Phi) is 7.05. The van der Waals surface area contributed by atoms with Crippen molar-refractivity contribution in [3.05, 3.63) is 206 Å². The minimum atomic E-state index is 0.851. The van der Waals surface area contributed by atoms with E-state index >= 15 is 0 Å². The molecule has 2 heteroatoms. The SMILES string of the molecule is c1cc(-c2ccc3oc4cc5c(cc4c3c2)oc2ccc(-c3cccc(-c4cc6ccccc6c6ccccc46)c3)cc25)cc(-c2cc3ccccc3c3ccccc23)c1. The second kappa shape index (κ2) is 12.8. The lowest BCUT2D eigenvalue weighted by molar-refractivity contribution is 0.664. The van der Waals surface area contributed by atoms with Gasteiger partial charge in [0.2, 0.25) is 0 Å². The zero-order valence-electron chi connectivity index (χ0n) is 32.4. The summed E-state index contributed by atoms with van der Waals surface area (Å²) in [5.41, 5.74) is 12.9. The van der Waals surface area contributed by atoms with E-state index in [0.29, 0.717) is 0 Å². The quantitative estimate of drug-likeness (QED) is 0.167. The molecule has 0 saturated heterocycles. The monoisotopic (exact) mass is 762 g/mol. The molecule has 0 saturated carbocycles. The Labute approximate surface area is 345 Å². The highest BCUT2D eigenvalue weighted by Gasteiger charge is 2.17. The molecule has 2 aromatic heterocycles. The first-order valence-corrected chi connectivity index (χ1v) is 20.6. The molecule has 0 N–H and O–H groups in total. The van der Waals surface area contributed by atoms with Gasteiger partial charge >= 0.3 is 0 Å². The third-order valence-electron chi connectivity index (χ3n) is 12.6. The van der Waals surface area contributed by atoms with Crippen LogP contribution in [-0.4, -0.2) is 0 Å². The van der Waals surface area contributed by atoms with Crippen LogP contribution in [0.25, 0.3) is 131 Å². The van der Waals surface area contributed by atoms with E-state index in [1.807, 2.05) is 0 Å². The van der Waals surface area contributed by atoms with Gasteiger partial charge < -0.3 is 8.83 Å². The second-order valence-electron chi connectivity index (χ2n) is 16.0. The number of fused-ring (bicyclic) bond motifs is 12. The van der Waals surface area contributed by atoms with Gasteiger partial charge in [-0.15, -0.1) is 0 Å². The minimum absolute atomic E-state index is 0.851. The van der Waals surface area contributed by atoms with Crippen LogP contribution >= 0.6 is 0 Å². The summed E-state index contributed by atoms with van der Waals surface area (Å²) in [4.78, 5) is 0. The standard InChI is InChI=1S/C58H34O2/c1-3-17-43-41(11-1)31-49(47-21-7-5-19-45(43)47)39-15-9-13-35(27-39)37-23-25-55-51(29-37)53-33-58-54(34-57(53)59-55)52-30-38(24-26-56(52)60-58)36-14-10-16-40(28-36)50-32-42-12-2-4-18-44(42)46-20-6-8-22-48(46)50/h1-34H. The van der Waals surface area contributed by atoms with E-state index in [-0.39, 0.29) is 0 Å². The maximum atomic E-state index is 6.56. The maximum absolute atomic E-state index is 6.56. The smallest absolute Gasteiger partial charge is 0.136 e. The molecule has 0 aliphatic heterocycles. The van der Waals surface area contributed by atoms with Crippen LogP contribution in [-0.2, 0) is 0 Å². The topological polar surface area (TPSA) is 26.3 Å². The fourth-order valence-electron chi connectivity index (χ4n) is 9.72. The van der Waals surface area contributed by atoms with Crippen molar-refractivity contribution in [2.45, 2.75) is 0 Å². The van der Waals surface area contributed by atoms with Gasteiger partial charge in [0, 0.05) is 21.5 Å². The van der Waals surface area contributed by atoms with Crippen molar-refractivity contribution in [2.75, 3.05) is 0 Å². The Bertz CT molecular complexity index is 3640. The van der Waals surface area contributed by atoms with Crippen LogP contribution in [0.3, 0.4) is 0 Å². The molecule has 0 atom stereocenters. The van der Waals surface area contributed by atoms with Crippen LogP contribution in [0.2, 0.25) is 0 Å². The summed E-state index contributed by atoms with van der Waals surface area (Å²) >= 11 is 0. The van der Waals surface area contributed by atoms with Gasteiger partial charge in [-0.1, -0.05) is 146 Å². The number of rotatable bonds is 4. The predicted molar refractivity (Wildman–Crippen MR) is 253 cm³/mol. The van der Waals surface area contributed by atoms with Gasteiger partial charge in [-0.25, -0.2) is 0 Å². The molecule has 278 valence electrons. The molecule has 0 amide bonds. The van der Waals surface area contributed by atoms with Crippen molar-refractivity contribution in [3.8, 4) is 44.5 Å². The van der Waals surface area contributed by atoms with Crippen molar-refractivity contribution in [1.29, 1.82) is 0 Å². The average molecular weight is 763 g/mol. The van der Waals surface area contributed by atoms with E-state index in [0.717, 1.165) is 66.1 Å². The zero-order valence-corrected chi connectivity index (χ0v) is 32.4. The molecule has 0 bridgehead atoms. The summed E-state index contributed by atoms with van der Waals surface area (Å²) in [6.45, 7) is 0. The van der Waals surface area contributed by atoms with E-state index in [1.54, 1.807) is 0 Å². The Morgan fingerprint density at radius 3 is 1.03 bits per heavy atom. The summed E-state index contributed by atoms with van der Waals surface area (Å²) in [6, 6.07) is 74.6. The van der Waals surface area contributed by atoms with Crippen molar-refractivity contribution < 1.29 is 8.83 Å². The van der Waals surface area contributed by atoms with Crippen LogP contribution < -0.4 is 0 Å². The molecule has 13 aromatic rings. The van der Waals surface area contributed by atoms with Crippen LogP contribution in [0.1, 0.15) is 0 Å². The highest BCUT2D eigenvalue weighted by Crippen LogP contribution is 2.42. The third-order valence-corrected chi connectivity index (χ3v) is 12.6. The van der Waals surface area contributed by atoms with E-state index in [4.69, 9.17) is 8.83 Å². The molecule has 0 unspecified atom stereocenters. The first-order valence-electron chi connectivity index (χ1n) is 20.6. The molecular weight excluding hydrogens is 729 g/mol. The van der Waals surface area contributed by atoms with Crippen molar-refractivity contribution in [2.24, 2.45) is 0 Å². The van der Waals surface area contributed by atoms with Crippen molar-refractivity contribution in [3.63, 3.8) is 0 Å². The lowest BCUT2D eigenvalue weighted by Gasteiger charge is -2.12. The van der Waals surface area contributed by atoms with Gasteiger partial charge in [-0.3, -0.25) is 0 Å². The van der Waals surface area contributed by atoms with Gasteiger partial charge in [-0.2, -0.15) is 0 Å². The summed E-state index contributed by atoms with van der Waals surface area (Å²) < 4.78 is 13.1. The second-order valence-corrected chi connectivity index (χ2v) is 16.0. The summed E-state index contributed by atoms with van der Waals surface area (Å²) in [7, 11) is 0. The molecule has 0 aliphatic carbocycles. The lowest BCUT2D eigenvalue weighted by Crippen LogP contribution is -1.86. The average Bonchev–Trinajstić information content (AvgIpc) is 3.86. The van der Waals surface area contributed by atoms with Gasteiger partial charge in [-0.05, 0) is 148 Å². The number of furan rings is 2. The van der Waals surface area contributed by atoms with Gasteiger partial charge in [0.1, 0.15) is 22.3 Å². The third kappa shape index (κ3) is 5.08. The van der Waals surface area contributed by atoms with Gasteiger partial charge in [0.05, 0.1) is 0 Å². The molecule has 2 heterocycles. The maximum Gasteiger partial charge on any atom is 0.136 e. The van der Waals surface area contributed by atoms with Crippen LogP contribution in [0.15, 0.2) is 215 Å². The highest BCUT2D eigenvalue weighted by molar-refractivity contribution is 6.17. The van der Waals surface area contributed by atoms with Crippen molar-refractivity contribution >= 4 is 87.0 Å². The summed E-state index contributed by atoms with van der Waals surface area (Å²) in [5, 5.41) is 14.4. The van der Waals surface area contributed by atoms with E-state index in [9.17, 15) is 0 Å². The van der Waals surface area contributed by atoms with Gasteiger partial charge in [0.15, 0.2) is 0 Å². The van der Waals surface area contributed by atoms with Crippen LogP contribution in [0.5, 0.6) is 0 Å². The molecule has 0 fully saturated rings. The fraction of sp³-hybridized carbons (Fsp3) is 0. The summed E-state index contributed by atoms with van der Waals surface area (Å²) in [5.74, 6) is 0. The Balaban J connectivity index is 0.891. The molecule has 0 spiro atoms. The highest BCUT2D eigenvalue weighted by atomic mass is 16.3. The Morgan fingerprint density at radius 1 is 0.200 bits per heavy atom. The lowest BCUT2D eigenvalue weighted by atomic mass is 9.91. The first-order chi connectivity index (χ1) is 29.7. The van der Waals surface area contributed by atoms with Crippen LogP contribution in [0.4, 0.5) is 0 Å². The predicted octanol–water partition coefficient (Wildman–Crippen LogP) is 16.8. The molecular formula is C58H34O2. The van der Waals surface area contributed by atoms with E-state index in [2.05, 4.69) is 206 Å². The summed E-state index contributed by atoms with van der Waals surface area (Å²) in [6.07, 6.45) is 0. The van der Waals surface area contributed by atoms with Crippen LogP contribution in [0, 0.1) is 0 Å². The Hall–Kier alpha value is -7.94. The normalized spacial score (nSPS) is 12.0. The van der Waals surface area contributed by atoms with Gasteiger partial charge in [0.25, 0.3) is 0 Å². The molecule has 2 nitrogen and oxygen atoms in total.